The van der Waals surface area contributed by atoms with Crippen LogP contribution in [0.2, 0.25) is 0 Å². The molecule has 0 aliphatic heterocycles. The molecular formula is C11H21N3O2. The molecule has 1 aromatic rings. The second-order valence-electron chi connectivity index (χ2n) is 3.78. The number of hydrogen-bond donors (Lipinski definition) is 1. The number of imidazole rings is 1. The Balaban J connectivity index is 2.27. The first-order valence-electron chi connectivity index (χ1n) is 5.59. The Hall–Kier alpha value is -1.07. The summed E-state index contributed by atoms with van der Waals surface area (Å²) in [4.78, 5) is 4.23. The zero-order chi connectivity index (χ0) is 11.8. The monoisotopic (exact) mass is 227 g/mol. The summed E-state index contributed by atoms with van der Waals surface area (Å²) in [6.45, 7) is 7.01. The number of rotatable bonds is 8. The molecule has 16 heavy (non-hydrogen) atoms. The molecule has 1 N–H and O–H groups in total. The maximum atomic E-state index is 5.44. The third kappa shape index (κ3) is 4.63. The quantitative estimate of drug-likeness (QED) is 0.681. The van der Waals surface area contributed by atoms with Crippen LogP contribution in [0.1, 0.15) is 13.8 Å². The van der Waals surface area contributed by atoms with Crippen LogP contribution >= 0.6 is 0 Å². The summed E-state index contributed by atoms with van der Waals surface area (Å²) in [5.41, 5.74) is 0. The van der Waals surface area contributed by atoms with Crippen molar-refractivity contribution in [3.05, 3.63) is 12.4 Å². The Kier molecular flexibility index (Phi) is 5.88. The van der Waals surface area contributed by atoms with Crippen molar-refractivity contribution in [1.82, 2.24) is 9.55 Å². The molecule has 0 fully saturated rings. The zero-order valence-corrected chi connectivity index (χ0v) is 10.3. The van der Waals surface area contributed by atoms with Crippen LogP contribution in [0.4, 0.5) is 5.95 Å². The van der Waals surface area contributed by atoms with Crippen molar-refractivity contribution in [3.8, 4) is 0 Å². The van der Waals surface area contributed by atoms with Crippen molar-refractivity contribution in [1.29, 1.82) is 0 Å². The van der Waals surface area contributed by atoms with Crippen LogP contribution in [0.5, 0.6) is 0 Å². The van der Waals surface area contributed by atoms with Crippen molar-refractivity contribution in [2.75, 3.05) is 32.2 Å². The fourth-order valence-electron chi connectivity index (χ4n) is 1.30. The van der Waals surface area contributed by atoms with Crippen LogP contribution in [-0.2, 0) is 16.0 Å². The molecule has 0 saturated carbocycles. The van der Waals surface area contributed by atoms with E-state index in [2.05, 4.69) is 10.3 Å². The van der Waals surface area contributed by atoms with Gasteiger partial charge in [-0.3, -0.25) is 0 Å². The molecule has 1 rings (SSSR count). The molecule has 0 bridgehead atoms. The molecule has 0 unspecified atom stereocenters. The van der Waals surface area contributed by atoms with Crippen LogP contribution < -0.4 is 5.32 Å². The van der Waals surface area contributed by atoms with Crippen LogP contribution in [0.25, 0.3) is 0 Å². The van der Waals surface area contributed by atoms with E-state index in [4.69, 9.17) is 9.47 Å². The molecule has 0 atom stereocenters. The van der Waals surface area contributed by atoms with E-state index in [1.807, 2.05) is 24.6 Å². The summed E-state index contributed by atoms with van der Waals surface area (Å²) in [6, 6.07) is 0. The number of methoxy groups -OCH3 is 1. The van der Waals surface area contributed by atoms with Crippen molar-refractivity contribution in [3.63, 3.8) is 0 Å². The van der Waals surface area contributed by atoms with Gasteiger partial charge in [-0.25, -0.2) is 4.98 Å². The molecule has 1 heterocycles. The second kappa shape index (κ2) is 7.24. The molecule has 0 aliphatic carbocycles. The smallest absolute Gasteiger partial charge is 0.202 e. The predicted octanol–water partition coefficient (Wildman–Crippen LogP) is 1.37. The van der Waals surface area contributed by atoms with Gasteiger partial charge in [-0.15, -0.1) is 0 Å². The summed E-state index contributed by atoms with van der Waals surface area (Å²) in [5, 5.41) is 3.23. The van der Waals surface area contributed by atoms with Gasteiger partial charge in [0.1, 0.15) is 0 Å². The number of nitrogens with one attached hydrogen (secondary N) is 1. The second-order valence-corrected chi connectivity index (χ2v) is 3.78. The maximum Gasteiger partial charge on any atom is 0.202 e. The van der Waals surface area contributed by atoms with Crippen LogP contribution in [0, 0.1) is 0 Å². The van der Waals surface area contributed by atoms with Gasteiger partial charge in [0.15, 0.2) is 0 Å². The van der Waals surface area contributed by atoms with E-state index in [1.54, 1.807) is 13.3 Å². The minimum Gasteiger partial charge on any atom is -0.383 e. The van der Waals surface area contributed by atoms with Gasteiger partial charge in [-0.1, -0.05) is 0 Å². The first-order chi connectivity index (χ1) is 7.74. The van der Waals surface area contributed by atoms with Crippen molar-refractivity contribution < 1.29 is 9.47 Å². The van der Waals surface area contributed by atoms with Crippen LogP contribution in [0.15, 0.2) is 12.4 Å². The Morgan fingerprint density at radius 1 is 1.44 bits per heavy atom. The largest absolute Gasteiger partial charge is 0.383 e. The lowest BCUT2D eigenvalue weighted by atomic mass is 10.5. The molecule has 5 nitrogen and oxygen atoms in total. The van der Waals surface area contributed by atoms with Crippen LogP contribution in [-0.4, -0.2) is 42.5 Å². The summed E-state index contributed by atoms with van der Waals surface area (Å²) in [7, 11) is 1.69. The minimum absolute atomic E-state index is 0.273. The summed E-state index contributed by atoms with van der Waals surface area (Å²) >= 11 is 0. The first kappa shape index (κ1) is 13.0. The van der Waals surface area contributed by atoms with E-state index in [9.17, 15) is 0 Å². The molecule has 0 saturated heterocycles. The standard InChI is InChI=1S/C11H21N3O2/c1-10(2)16-8-5-13-11-12-4-6-14(11)7-9-15-3/h4,6,10H,5,7-9H2,1-3H3,(H,12,13). The summed E-state index contributed by atoms with van der Waals surface area (Å²) in [6.07, 6.45) is 3.99. The van der Waals surface area contributed by atoms with Gasteiger partial charge in [-0.05, 0) is 13.8 Å². The summed E-state index contributed by atoms with van der Waals surface area (Å²) < 4.78 is 12.5. The van der Waals surface area contributed by atoms with Crippen molar-refractivity contribution in [2.24, 2.45) is 0 Å². The molecule has 0 spiro atoms. The normalized spacial score (nSPS) is 11.0. The Morgan fingerprint density at radius 3 is 2.94 bits per heavy atom. The van der Waals surface area contributed by atoms with E-state index in [-0.39, 0.29) is 6.10 Å². The van der Waals surface area contributed by atoms with E-state index in [0.717, 1.165) is 19.0 Å². The molecule has 1 aromatic heterocycles. The molecule has 0 radical (unpaired) electrons. The van der Waals surface area contributed by atoms with Gasteiger partial charge < -0.3 is 19.4 Å². The predicted molar refractivity (Wildman–Crippen MR) is 63.7 cm³/mol. The SMILES string of the molecule is COCCn1ccnc1NCCOC(C)C. The van der Waals surface area contributed by atoms with Crippen LogP contribution in [0.3, 0.4) is 0 Å². The molecule has 0 aliphatic rings. The molecule has 0 aromatic carbocycles. The third-order valence-electron chi connectivity index (χ3n) is 2.09. The van der Waals surface area contributed by atoms with E-state index in [1.165, 1.54) is 0 Å². The van der Waals surface area contributed by atoms with E-state index in [0.29, 0.717) is 13.2 Å². The molecular weight excluding hydrogens is 206 g/mol. The highest BCUT2D eigenvalue weighted by molar-refractivity contribution is 5.25. The molecule has 92 valence electrons. The van der Waals surface area contributed by atoms with Gasteiger partial charge in [0.2, 0.25) is 5.95 Å². The third-order valence-corrected chi connectivity index (χ3v) is 2.09. The minimum atomic E-state index is 0.273. The lowest BCUT2D eigenvalue weighted by Crippen LogP contribution is -2.16. The molecule has 5 heteroatoms. The Labute approximate surface area is 96.8 Å². The van der Waals surface area contributed by atoms with E-state index < -0.39 is 0 Å². The summed E-state index contributed by atoms with van der Waals surface area (Å²) in [5.74, 6) is 0.865. The highest BCUT2D eigenvalue weighted by Gasteiger charge is 2.01. The first-order valence-corrected chi connectivity index (χ1v) is 5.59. The average molecular weight is 227 g/mol. The highest BCUT2D eigenvalue weighted by atomic mass is 16.5. The Bertz CT molecular complexity index is 287. The fraction of sp³-hybridized carbons (Fsp3) is 0.727. The van der Waals surface area contributed by atoms with Gasteiger partial charge in [0, 0.05) is 32.6 Å². The number of ether oxygens (including phenoxy) is 2. The molecule has 0 amide bonds. The maximum absolute atomic E-state index is 5.44. The Morgan fingerprint density at radius 2 is 2.25 bits per heavy atom. The lowest BCUT2D eigenvalue weighted by Gasteiger charge is -2.10. The highest BCUT2D eigenvalue weighted by Crippen LogP contribution is 2.03. The fourth-order valence-corrected chi connectivity index (χ4v) is 1.30. The van der Waals surface area contributed by atoms with Crippen molar-refractivity contribution in [2.45, 2.75) is 26.5 Å². The topological polar surface area (TPSA) is 48.3 Å². The van der Waals surface area contributed by atoms with Gasteiger partial charge >= 0.3 is 0 Å². The van der Waals surface area contributed by atoms with Crippen molar-refractivity contribution >= 4 is 5.95 Å². The van der Waals surface area contributed by atoms with Gasteiger partial charge in [-0.2, -0.15) is 0 Å². The van der Waals surface area contributed by atoms with Gasteiger partial charge in [0.05, 0.1) is 19.3 Å². The van der Waals surface area contributed by atoms with E-state index >= 15 is 0 Å². The number of aromatic nitrogens is 2. The van der Waals surface area contributed by atoms with Gasteiger partial charge in [0.25, 0.3) is 0 Å². The average Bonchev–Trinajstić information content (AvgIpc) is 2.69. The number of nitrogens with zero attached hydrogens (tertiary/aromatic N) is 2. The lowest BCUT2D eigenvalue weighted by molar-refractivity contribution is 0.0869. The number of anilines is 1. The number of hydrogen-bond acceptors (Lipinski definition) is 4. The zero-order valence-electron chi connectivity index (χ0n) is 10.3.